The molecule has 1 aliphatic rings. The second kappa shape index (κ2) is 13.6. The molecule has 11 nitrogen and oxygen atoms in total. The van der Waals surface area contributed by atoms with Crippen LogP contribution in [0.5, 0.6) is 17.4 Å². The average Bonchev–Trinajstić information content (AvgIpc) is 3.28. The Hall–Kier alpha value is -4.33. The molecule has 0 spiro atoms. The number of morpholine rings is 1. The number of anilines is 1. The Kier molecular flexibility index (Phi) is 9.88. The van der Waals surface area contributed by atoms with Crippen LogP contribution in [0, 0.1) is 18.6 Å². The maximum Gasteiger partial charge on any atom is 0.247 e. The molecule has 1 atom stereocenters. The summed E-state index contributed by atoms with van der Waals surface area (Å²) < 4.78 is 47.1. The number of aryl methyl sites for hydroxylation is 1. The first kappa shape index (κ1) is 30.6. The second-order valence-electron chi connectivity index (χ2n) is 9.40. The van der Waals surface area contributed by atoms with E-state index in [0.29, 0.717) is 36.7 Å². The third kappa shape index (κ3) is 6.93. The van der Waals surface area contributed by atoms with Crippen LogP contribution in [-0.4, -0.2) is 70.8 Å². The number of rotatable bonds is 10. The monoisotopic (exact) mass is 602 g/mol. The van der Waals surface area contributed by atoms with E-state index < -0.39 is 29.4 Å². The number of primary amides is 1. The zero-order valence-corrected chi connectivity index (χ0v) is 23.4. The van der Waals surface area contributed by atoms with Crippen molar-refractivity contribution in [3.63, 3.8) is 0 Å². The predicted molar refractivity (Wildman–Crippen MR) is 151 cm³/mol. The molecule has 42 heavy (non-hydrogen) atoms. The summed E-state index contributed by atoms with van der Waals surface area (Å²) in [5.74, 6) is -4.11. The Balaban J connectivity index is 0.00000405. The Morgan fingerprint density at radius 1 is 1.12 bits per heavy atom. The molecule has 3 heterocycles. The maximum absolute atomic E-state index is 15.2. The van der Waals surface area contributed by atoms with E-state index in [1.54, 1.807) is 6.20 Å². The average molecular weight is 603 g/mol. The van der Waals surface area contributed by atoms with Crippen LogP contribution in [0.1, 0.15) is 17.0 Å². The van der Waals surface area contributed by atoms with Crippen LogP contribution in [-0.2, 0) is 14.3 Å². The molecule has 2 amide bonds. The predicted octanol–water partition coefficient (Wildman–Crippen LogP) is 3.45. The molecule has 1 unspecified atom stereocenters. The molecule has 0 aliphatic carbocycles. The first-order chi connectivity index (χ1) is 19.8. The third-order valence-electron chi connectivity index (χ3n) is 6.67. The summed E-state index contributed by atoms with van der Waals surface area (Å²) in [5.41, 5.74) is 6.94. The van der Waals surface area contributed by atoms with Gasteiger partial charge in [-0.15, -0.1) is 12.4 Å². The molecular formula is C28H29ClF2N6O5. The topological polar surface area (TPSA) is 133 Å². The number of aromatic nitrogens is 3. The van der Waals surface area contributed by atoms with E-state index in [2.05, 4.69) is 20.3 Å². The van der Waals surface area contributed by atoms with Crippen LogP contribution in [0.15, 0.2) is 55.0 Å². The van der Waals surface area contributed by atoms with E-state index in [4.69, 9.17) is 19.9 Å². The Labute approximate surface area is 246 Å². The Morgan fingerprint density at radius 2 is 1.86 bits per heavy atom. The molecule has 2 aromatic heterocycles. The van der Waals surface area contributed by atoms with Crippen molar-refractivity contribution in [2.45, 2.75) is 12.8 Å². The first-order valence-corrected chi connectivity index (χ1v) is 12.9. The molecule has 0 radical (unpaired) electrons. The van der Waals surface area contributed by atoms with Gasteiger partial charge in [-0.25, -0.2) is 13.3 Å². The highest BCUT2D eigenvalue weighted by Gasteiger charge is 2.28. The van der Waals surface area contributed by atoms with Crippen molar-refractivity contribution < 1.29 is 32.6 Å². The zero-order valence-electron chi connectivity index (χ0n) is 22.6. The molecule has 2 aromatic carbocycles. The van der Waals surface area contributed by atoms with E-state index in [9.17, 15) is 14.0 Å². The summed E-state index contributed by atoms with van der Waals surface area (Å²) in [6, 6.07) is 8.60. The number of hydrogen-bond acceptors (Lipinski definition) is 8. The van der Waals surface area contributed by atoms with Crippen LogP contribution >= 0.6 is 12.4 Å². The van der Waals surface area contributed by atoms with Crippen molar-refractivity contribution in [3.8, 4) is 17.4 Å². The zero-order chi connectivity index (χ0) is 28.9. The lowest BCUT2D eigenvalue weighted by molar-refractivity contribution is -0.127. The van der Waals surface area contributed by atoms with Crippen molar-refractivity contribution in [1.29, 1.82) is 0 Å². The highest BCUT2D eigenvalue weighted by Crippen LogP contribution is 2.33. The SMILES string of the molecule is Cc1c(OCCN2CCOCC2)cn2ncnc(Oc3ccc(C(C(N)=O)C(=O)Nc4ccc(F)cc4)cc3F)c12.Cl. The van der Waals surface area contributed by atoms with Gasteiger partial charge >= 0.3 is 0 Å². The fourth-order valence-electron chi connectivity index (χ4n) is 4.51. The minimum absolute atomic E-state index is 0. The largest absolute Gasteiger partial charge is 0.490 e. The minimum Gasteiger partial charge on any atom is -0.490 e. The van der Waals surface area contributed by atoms with Crippen LogP contribution in [0.25, 0.3) is 5.52 Å². The maximum atomic E-state index is 15.2. The number of amides is 2. The number of nitrogens with two attached hydrogens (primary N) is 1. The molecule has 0 bridgehead atoms. The molecule has 222 valence electrons. The summed E-state index contributed by atoms with van der Waals surface area (Å²) in [6.07, 6.45) is 2.98. The number of benzene rings is 2. The van der Waals surface area contributed by atoms with Crippen LogP contribution in [0.3, 0.4) is 0 Å². The molecule has 1 fully saturated rings. The van der Waals surface area contributed by atoms with Gasteiger partial charge in [-0.05, 0) is 48.9 Å². The van der Waals surface area contributed by atoms with Gasteiger partial charge in [0, 0.05) is 30.9 Å². The fourth-order valence-corrected chi connectivity index (χ4v) is 4.51. The summed E-state index contributed by atoms with van der Waals surface area (Å²) in [5, 5.41) is 6.69. The summed E-state index contributed by atoms with van der Waals surface area (Å²) >= 11 is 0. The van der Waals surface area contributed by atoms with E-state index in [0.717, 1.165) is 37.8 Å². The van der Waals surface area contributed by atoms with Crippen molar-refractivity contribution in [2.75, 3.05) is 44.8 Å². The van der Waals surface area contributed by atoms with Crippen LogP contribution in [0.4, 0.5) is 14.5 Å². The van der Waals surface area contributed by atoms with Gasteiger partial charge in [0.2, 0.25) is 17.7 Å². The number of nitrogens with zero attached hydrogens (tertiary/aromatic N) is 4. The van der Waals surface area contributed by atoms with Gasteiger partial charge in [0.25, 0.3) is 0 Å². The number of ether oxygens (including phenoxy) is 3. The highest BCUT2D eigenvalue weighted by atomic mass is 35.5. The molecule has 14 heteroatoms. The quantitative estimate of drug-likeness (QED) is 0.264. The Bertz CT molecular complexity index is 1560. The smallest absolute Gasteiger partial charge is 0.247 e. The lowest BCUT2D eigenvalue weighted by Crippen LogP contribution is -2.38. The second-order valence-corrected chi connectivity index (χ2v) is 9.40. The van der Waals surface area contributed by atoms with Gasteiger partial charge in [0.05, 0.1) is 19.4 Å². The number of hydrogen-bond donors (Lipinski definition) is 2. The van der Waals surface area contributed by atoms with E-state index >= 15 is 4.39 Å². The lowest BCUT2D eigenvalue weighted by Gasteiger charge is -2.26. The van der Waals surface area contributed by atoms with Gasteiger partial charge in [-0.2, -0.15) is 10.1 Å². The number of carbonyl (C=O) groups is 2. The van der Waals surface area contributed by atoms with Gasteiger partial charge in [-0.3, -0.25) is 14.5 Å². The van der Waals surface area contributed by atoms with Gasteiger partial charge < -0.3 is 25.3 Å². The van der Waals surface area contributed by atoms with Crippen molar-refractivity contribution in [3.05, 3.63) is 77.8 Å². The molecular weight excluding hydrogens is 574 g/mol. The van der Waals surface area contributed by atoms with E-state index in [-0.39, 0.29) is 35.3 Å². The standard InChI is InChI=1S/C28H28F2N6O5.ClH/c1-17-23(40-13-10-35-8-11-39-12-9-35)15-36-25(17)28(32-16-33-36)41-22-7-2-18(14-21(22)30)24(26(31)37)27(38)34-20-5-3-19(29)4-6-20;/h2-7,14-16,24H,8-13H2,1H3,(H2,31,37)(H,34,38);1H. The number of fused-ring (bicyclic) bond motifs is 1. The summed E-state index contributed by atoms with van der Waals surface area (Å²) in [7, 11) is 0. The van der Waals surface area contributed by atoms with Crippen LogP contribution in [0.2, 0.25) is 0 Å². The molecule has 1 aliphatic heterocycles. The summed E-state index contributed by atoms with van der Waals surface area (Å²) in [4.78, 5) is 31.3. The molecule has 0 saturated carbocycles. The first-order valence-electron chi connectivity index (χ1n) is 12.9. The lowest BCUT2D eigenvalue weighted by atomic mass is 9.97. The van der Waals surface area contributed by atoms with Crippen molar-refractivity contribution in [2.24, 2.45) is 5.73 Å². The minimum atomic E-state index is -1.50. The van der Waals surface area contributed by atoms with Gasteiger partial charge in [0.1, 0.15) is 35.9 Å². The van der Waals surface area contributed by atoms with Gasteiger partial charge in [0.15, 0.2) is 11.6 Å². The highest BCUT2D eigenvalue weighted by molar-refractivity contribution is 6.10. The van der Waals surface area contributed by atoms with Gasteiger partial charge in [-0.1, -0.05) is 6.07 Å². The van der Waals surface area contributed by atoms with E-state index in [1.165, 1.54) is 35.1 Å². The van der Waals surface area contributed by atoms with Crippen molar-refractivity contribution >= 4 is 35.4 Å². The summed E-state index contributed by atoms with van der Waals surface area (Å²) in [6.45, 7) is 6.15. The third-order valence-corrected chi connectivity index (χ3v) is 6.67. The van der Waals surface area contributed by atoms with Crippen LogP contribution < -0.4 is 20.5 Å². The number of carbonyl (C=O) groups excluding carboxylic acids is 2. The fraction of sp³-hybridized carbons (Fsp3) is 0.286. The molecule has 5 rings (SSSR count). The molecule has 4 aromatic rings. The molecule has 1 saturated heterocycles. The normalized spacial score (nSPS) is 14.2. The van der Waals surface area contributed by atoms with Crippen molar-refractivity contribution in [1.82, 2.24) is 19.5 Å². The molecule has 3 N–H and O–H groups in total. The Morgan fingerprint density at radius 3 is 2.55 bits per heavy atom. The van der Waals surface area contributed by atoms with E-state index in [1.807, 2.05) is 6.92 Å². The number of halogens is 3. The number of nitrogens with one attached hydrogen (secondary N) is 1.